The van der Waals surface area contributed by atoms with Gasteiger partial charge in [-0.25, -0.2) is 13.1 Å². The van der Waals surface area contributed by atoms with Crippen LogP contribution in [0.4, 0.5) is 0 Å². The van der Waals surface area contributed by atoms with Crippen LogP contribution in [0.25, 0.3) is 22.2 Å². The topological polar surface area (TPSA) is 109 Å². The van der Waals surface area contributed by atoms with Crippen LogP contribution in [-0.4, -0.2) is 53.5 Å². The molecule has 1 aliphatic carbocycles. The first-order valence-corrected chi connectivity index (χ1v) is 16.6. The molecule has 0 spiro atoms. The highest BCUT2D eigenvalue weighted by Gasteiger charge is 2.40. The van der Waals surface area contributed by atoms with Crippen LogP contribution in [-0.2, 0) is 33.1 Å². The zero-order valence-corrected chi connectivity index (χ0v) is 25.9. The maximum Gasteiger partial charge on any atom is 0.303 e. The van der Waals surface area contributed by atoms with Crippen LogP contribution < -0.4 is 4.72 Å². The monoisotopic (exact) mass is 593 g/mol. The molecule has 226 valence electrons. The number of nitrogens with one attached hydrogen (secondary N) is 1. The van der Waals surface area contributed by atoms with Gasteiger partial charge in [0.15, 0.2) is 0 Å². The summed E-state index contributed by atoms with van der Waals surface area (Å²) in [5, 5.41) is 9.87. The van der Waals surface area contributed by atoms with Gasteiger partial charge in [0, 0.05) is 54.6 Å². The maximum atomic E-state index is 13.4. The van der Waals surface area contributed by atoms with E-state index in [4.69, 9.17) is 5.11 Å². The summed E-state index contributed by atoms with van der Waals surface area (Å²) in [4.78, 5) is 26.6. The second-order valence-corrected chi connectivity index (χ2v) is 14.8. The average Bonchev–Trinajstić information content (AvgIpc) is 3.57. The third-order valence-corrected chi connectivity index (χ3v) is 10.7. The predicted octanol–water partition coefficient (Wildman–Crippen LogP) is 5.74. The van der Waals surface area contributed by atoms with Gasteiger partial charge in [0.1, 0.15) is 0 Å². The van der Waals surface area contributed by atoms with Gasteiger partial charge in [-0.15, -0.1) is 0 Å². The Morgan fingerprint density at radius 3 is 2.31 bits per heavy atom. The molecule has 1 unspecified atom stereocenters. The largest absolute Gasteiger partial charge is 0.481 e. The van der Waals surface area contributed by atoms with E-state index in [-0.39, 0.29) is 40.6 Å². The van der Waals surface area contributed by atoms with Crippen LogP contribution >= 0.6 is 0 Å². The van der Waals surface area contributed by atoms with Crippen LogP contribution in [0.15, 0.2) is 53.4 Å². The fourth-order valence-corrected chi connectivity index (χ4v) is 8.08. The van der Waals surface area contributed by atoms with Crippen LogP contribution in [0.2, 0.25) is 0 Å². The fraction of sp³-hybridized carbons (Fsp3) is 0.515. The molecule has 2 N–H and O–H groups in total. The molecule has 2 fully saturated rings. The highest BCUT2D eigenvalue weighted by Crippen LogP contribution is 2.36. The summed E-state index contributed by atoms with van der Waals surface area (Å²) in [6.45, 7) is 7.43. The number of aliphatic carboxylic acids is 1. The third kappa shape index (κ3) is 6.42. The number of fused-ring (bicyclic) bond motifs is 1. The number of aromatic nitrogens is 1. The van der Waals surface area contributed by atoms with Crippen LogP contribution in [0, 0.1) is 11.3 Å². The lowest BCUT2D eigenvalue weighted by molar-refractivity contribution is -0.139. The van der Waals surface area contributed by atoms with Gasteiger partial charge in [-0.1, -0.05) is 51.1 Å². The van der Waals surface area contributed by atoms with Gasteiger partial charge in [0.2, 0.25) is 15.9 Å². The molecule has 1 atom stereocenters. The maximum absolute atomic E-state index is 13.4. The Labute approximate surface area is 249 Å². The number of sulfonamides is 1. The summed E-state index contributed by atoms with van der Waals surface area (Å²) >= 11 is 0. The van der Waals surface area contributed by atoms with Crippen molar-refractivity contribution in [2.45, 2.75) is 89.1 Å². The molecular weight excluding hydrogens is 550 g/mol. The number of rotatable bonds is 8. The Morgan fingerprint density at radius 1 is 0.976 bits per heavy atom. The summed E-state index contributed by atoms with van der Waals surface area (Å²) in [6, 6.07) is 15.2. The van der Waals surface area contributed by atoms with Gasteiger partial charge in [0.05, 0.1) is 4.90 Å². The van der Waals surface area contributed by atoms with Crippen molar-refractivity contribution in [3.05, 3.63) is 54.1 Å². The number of likely N-dealkylation sites (tertiary alicyclic amines) is 1. The molecule has 1 aliphatic heterocycles. The van der Waals surface area contributed by atoms with Crippen molar-refractivity contribution < 1.29 is 23.1 Å². The fourth-order valence-electron chi connectivity index (χ4n) is 6.76. The molecule has 2 heterocycles. The summed E-state index contributed by atoms with van der Waals surface area (Å²) in [6.07, 6.45) is 5.39. The lowest BCUT2D eigenvalue weighted by Crippen LogP contribution is -2.47. The van der Waals surface area contributed by atoms with E-state index in [0.717, 1.165) is 47.1 Å². The molecule has 3 aromatic rings. The summed E-state index contributed by atoms with van der Waals surface area (Å²) in [7, 11) is -1.81. The summed E-state index contributed by atoms with van der Waals surface area (Å²) < 4.78 is 31.7. The molecule has 1 amide bonds. The zero-order chi connectivity index (χ0) is 30.2. The first-order valence-electron chi connectivity index (χ1n) is 15.1. The second-order valence-electron chi connectivity index (χ2n) is 13.1. The quantitative estimate of drug-likeness (QED) is 0.346. The Bertz CT molecular complexity index is 1560. The molecule has 8 nitrogen and oxygen atoms in total. The molecule has 2 aliphatic rings. The van der Waals surface area contributed by atoms with Crippen molar-refractivity contribution in [2.75, 3.05) is 6.54 Å². The van der Waals surface area contributed by atoms with Gasteiger partial charge < -0.3 is 14.6 Å². The average molecular weight is 594 g/mol. The SMILES string of the molecule is Cn1c(-c2ccc(CCC(=O)O)cc2)cc2ccc(S(=O)(=O)NC3CCC(C(=O)N4CCCC4C(C)(C)C)CC3)cc21. The summed E-state index contributed by atoms with van der Waals surface area (Å²) in [5.74, 6) is -0.603. The molecular formula is C33H43N3O5S. The number of carboxylic acid groups (broad SMARTS) is 1. The third-order valence-electron chi connectivity index (χ3n) is 9.14. The van der Waals surface area contributed by atoms with Crippen molar-refractivity contribution in [2.24, 2.45) is 18.4 Å². The number of nitrogens with zero attached hydrogens (tertiary/aromatic N) is 2. The standard InChI is InChI=1S/C33H43N3O5S/c1-33(2,3)30-6-5-19-36(30)32(39)24-12-15-26(16-13-24)34-42(40,41)27-17-14-25-20-28(35(4)29(25)21-27)23-10-7-22(8-11-23)9-18-31(37)38/h7-8,10-11,14,17,20-21,24,26,30,34H,5-6,9,12-13,15-16,18-19H2,1-4H3,(H,37,38). The molecule has 1 aromatic heterocycles. The van der Waals surface area contributed by atoms with E-state index in [1.807, 2.05) is 48.0 Å². The van der Waals surface area contributed by atoms with Crippen molar-refractivity contribution in [3.8, 4) is 11.3 Å². The van der Waals surface area contributed by atoms with Crippen LogP contribution in [0.5, 0.6) is 0 Å². The number of carboxylic acids is 1. The van der Waals surface area contributed by atoms with E-state index in [1.54, 1.807) is 12.1 Å². The first kappa shape index (κ1) is 30.3. The van der Waals surface area contributed by atoms with Gasteiger partial charge >= 0.3 is 5.97 Å². The van der Waals surface area contributed by atoms with Gasteiger partial charge in [-0.3, -0.25) is 9.59 Å². The Morgan fingerprint density at radius 2 is 1.67 bits per heavy atom. The van der Waals surface area contributed by atoms with E-state index in [1.165, 1.54) is 0 Å². The van der Waals surface area contributed by atoms with Gasteiger partial charge in [-0.2, -0.15) is 0 Å². The number of benzene rings is 2. The Balaban J connectivity index is 1.24. The van der Waals surface area contributed by atoms with Crippen molar-refractivity contribution in [1.29, 1.82) is 0 Å². The lowest BCUT2D eigenvalue weighted by atomic mass is 9.82. The number of hydrogen-bond donors (Lipinski definition) is 2. The van der Waals surface area contributed by atoms with Crippen molar-refractivity contribution >= 4 is 32.8 Å². The van der Waals surface area contributed by atoms with Crippen molar-refractivity contribution in [1.82, 2.24) is 14.2 Å². The zero-order valence-electron chi connectivity index (χ0n) is 25.1. The molecule has 1 saturated heterocycles. The van der Waals surface area contributed by atoms with E-state index in [2.05, 4.69) is 30.4 Å². The van der Waals surface area contributed by atoms with E-state index < -0.39 is 16.0 Å². The number of amides is 1. The number of hydrogen-bond acceptors (Lipinski definition) is 4. The second kappa shape index (κ2) is 11.8. The van der Waals surface area contributed by atoms with Crippen LogP contribution in [0.3, 0.4) is 0 Å². The molecule has 0 radical (unpaired) electrons. The lowest BCUT2D eigenvalue weighted by Gasteiger charge is -2.38. The molecule has 9 heteroatoms. The number of aryl methyl sites for hydroxylation is 2. The minimum Gasteiger partial charge on any atom is -0.481 e. The minimum atomic E-state index is -3.73. The highest BCUT2D eigenvalue weighted by molar-refractivity contribution is 7.89. The van der Waals surface area contributed by atoms with E-state index in [9.17, 15) is 18.0 Å². The molecule has 2 aromatic carbocycles. The first-order chi connectivity index (χ1) is 19.8. The predicted molar refractivity (Wildman–Crippen MR) is 165 cm³/mol. The van der Waals surface area contributed by atoms with E-state index in [0.29, 0.717) is 32.1 Å². The van der Waals surface area contributed by atoms with E-state index >= 15 is 0 Å². The molecule has 0 bridgehead atoms. The van der Waals surface area contributed by atoms with Crippen LogP contribution in [0.1, 0.15) is 71.3 Å². The Hall–Kier alpha value is -3.17. The molecule has 1 saturated carbocycles. The Kier molecular flexibility index (Phi) is 8.54. The summed E-state index contributed by atoms with van der Waals surface area (Å²) in [5.41, 5.74) is 3.77. The minimum absolute atomic E-state index is 0.0296. The molecule has 42 heavy (non-hydrogen) atoms. The molecule has 5 rings (SSSR count). The number of carbonyl (C=O) groups is 2. The van der Waals surface area contributed by atoms with Crippen molar-refractivity contribution in [3.63, 3.8) is 0 Å². The highest BCUT2D eigenvalue weighted by atomic mass is 32.2. The normalized spacial score (nSPS) is 21.6. The van der Waals surface area contributed by atoms with Gasteiger partial charge in [-0.05, 0) is 79.7 Å². The number of carbonyl (C=O) groups excluding carboxylic acids is 1. The smallest absolute Gasteiger partial charge is 0.303 e. The van der Waals surface area contributed by atoms with Gasteiger partial charge in [0.25, 0.3) is 0 Å².